The summed E-state index contributed by atoms with van der Waals surface area (Å²) in [5, 5.41) is 0. The predicted molar refractivity (Wildman–Crippen MR) is 150 cm³/mol. The maximum absolute atomic E-state index is 15.0. The molecular weight excluding hydrogens is 482 g/mol. The summed E-state index contributed by atoms with van der Waals surface area (Å²) in [4.78, 5) is 0. The fourth-order valence-electron chi connectivity index (χ4n) is 3.76. The van der Waals surface area contributed by atoms with Crippen LogP contribution in [0.1, 0.15) is 52.7 Å². The Morgan fingerprint density at radius 3 is 1.87 bits per heavy atom. The molecule has 0 saturated carbocycles. The Morgan fingerprint density at radius 2 is 1.32 bits per heavy atom. The molecule has 0 bridgehead atoms. The van der Waals surface area contributed by atoms with Crippen molar-refractivity contribution < 1.29 is 27.9 Å². The fourth-order valence-corrected chi connectivity index (χ4v) is 3.76. The summed E-state index contributed by atoms with van der Waals surface area (Å²) < 4.78 is 44.9. The van der Waals surface area contributed by atoms with Gasteiger partial charge in [0.1, 0.15) is 24.3 Å². The van der Waals surface area contributed by atoms with Crippen LogP contribution in [-0.2, 0) is 32.0 Å². The predicted octanol–water partition coefficient (Wildman–Crippen LogP) is 6.33. The second-order valence-electron chi connectivity index (χ2n) is 10.0. The van der Waals surface area contributed by atoms with E-state index in [1.165, 1.54) is 6.07 Å². The summed E-state index contributed by atoms with van der Waals surface area (Å²) in [7, 11) is -0.766. The molecule has 1 saturated heterocycles. The van der Waals surface area contributed by atoms with Crippen LogP contribution in [0.3, 0.4) is 0 Å². The molecule has 4 rings (SSSR count). The average Bonchev–Trinajstić information content (AvgIpc) is 3.14. The largest absolute Gasteiger partial charge is 0.497 e. The molecule has 1 aliphatic rings. The minimum atomic E-state index is -0.766. The number of ether oxygens (including phenoxy) is 3. The second-order valence-corrected chi connectivity index (χ2v) is 10.0. The maximum atomic E-state index is 15.0. The van der Waals surface area contributed by atoms with Crippen LogP contribution in [0.25, 0.3) is 0 Å². The number of hydrogen-bond acceptors (Lipinski definition) is 5. The summed E-state index contributed by atoms with van der Waals surface area (Å²) in [5.41, 5.74) is 1.41. The van der Waals surface area contributed by atoms with E-state index in [0.29, 0.717) is 31.0 Å². The Labute approximate surface area is 227 Å². The van der Waals surface area contributed by atoms with Crippen molar-refractivity contribution in [1.82, 2.24) is 0 Å². The molecule has 0 N–H and O–H groups in total. The topological polar surface area (TPSA) is 46.2 Å². The molecular formula is C31H40BFO5. The molecule has 1 unspecified atom stereocenters. The summed E-state index contributed by atoms with van der Waals surface area (Å²) in [6.07, 6.45) is -0.334. The third kappa shape index (κ3) is 8.14. The second kappa shape index (κ2) is 13.9. The van der Waals surface area contributed by atoms with E-state index in [2.05, 4.69) is 0 Å². The van der Waals surface area contributed by atoms with Crippen molar-refractivity contribution >= 4 is 12.6 Å². The van der Waals surface area contributed by atoms with Gasteiger partial charge in [-0.1, -0.05) is 80.6 Å². The molecule has 5 nitrogen and oxygen atoms in total. The molecule has 3 aromatic carbocycles. The van der Waals surface area contributed by atoms with E-state index in [1.807, 2.05) is 102 Å². The van der Waals surface area contributed by atoms with Gasteiger partial charge in [0.05, 0.1) is 31.0 Å². The molecule has 0 aliphatic carbocycles. The van der Waals surface area contributed by atoms with Crippen LogP contribution in [0.2, 0.25) is 0 Å². The maximum Gasteiger partial charge on any atom is 0.497 e. The smallest absolute Gasteiger partial charge is 0.491 e. The highest BCUT2D eigenvalue weighted by molar-refractivity contribution is 6.62. The highest BCUT2D eigenvalue weighted by atomic mass is 19.1. The molecule has 1 heterocycles. The summed E-state index contributed by atoms with van der Waals surface area (Å²) in [5.74, 6) is -0.0304. The molecule has 204 valence electrons. The normalized spacial score (nSPS) is 16.4. The van der Waals surface area contributed by atoms with Gasteiger partial charge in [0.25, 0.3) is 0 Å². The van der Waals surface area contributed by atoms with Crippen molar-refractivity contribution in [3.63, 3.8) is 0 Å². The summed E-state index contributed by atoms with van der Waals surface area (Å²) in [6, 6.07) is 24.6. The average molecular weight is 522 g/mol. The number of hydrogen-bond donors (Lipinski definition) is 0. The first kappa shape index (κ1) is 29.8. The van der Waals surface area contributed by atoms with E-state index in [-0.39, 0.29) is 12.7 Å². The van der Waals surface area contributed by atoms with Gasteiger partial charge in [0.15, 0.2) is 0 Å². The lowest BCUT2D eigenvalue weighted by Gasteiger charge is -2.32. The third-order valence-electron chi connectivity index (χ3n) is 6.66. The molecule has 0 aromatic heterocycles. The summed E-state index contributed by atoms with van der Waals surface area (Å²) in [6.45, 7) is 13.2. The molecule has 1 atom stereocenters. The number of benzene rings is 3. The fraction of sp³-hybridized carbons (Fsp3) is 0.419. The molecule has 0 amide bonds. The van der Waals surface area contributed by atoms with Gasteiger partial charge in [-0.25, -0.2) is 4.39 Å². The zero-order valence-corrected chi connectivity index (χ0v) is 23.4. The van der Waals surface area contributed by atoms with Gasteiger partial charge in [-0.05, 0) is 44.9 Å². The van der Waals surface area contributed by atoms with Crippen molar-refractivity contribution in [1.29, 1.82) is 0 Å². The van der Waals surface area contributed by atoms with Crippen LogP contribution in [0.4, 0.5) is 4.39 Å². The highest BCUT2D eigenvalue weighted by Crippen LogP contribution is 2.36. The SMILES string of the molecule is CC.CC1(C)OB(c2ccc(OCC(COCc3ccccc3)OCc3ccccc3)cc2F)OC1(C)C. The minimum absolute atomic E-state index is 0.219. The van der Waals surface area contributed by atoms with E-state index >= 15 is 0 Å². The van der Waals surface area contributed by atoms with Crippen LogP contribution in [0, 0.1) is 5.82 Å². The Balaban J connectivity index is 0.00000195. The first-order chi connectivity index (χ1) is 18.2. The zero-order chi connectivity index (χ0) is 27.6. The Bertz CT molecular complexity index is 1090. The Hall–Kier alpha value is -2.71. The Morgan fingerprint density at radius 1 is 0.763 bits per heavy atom. The number of halogens is 1. The third-order valence-corrected chi connectivity index (χ3v) is 6.66. The van der Waals surface area contributed by atoms with Crippen molar-refractivity contribution in [2.45, 2.75) is 72.1 Å². The molecule has 0 radical (unpaired) electrons. The van der Waals surface area contributed by atoms with Crippen LogP contribution < -0.4 is 10.2 Å². The van der Waals surface area contributed by atoms with E-state index in [4.69, 9.17) is 23.5 Å². The van der Waals surface area contributed by atoms with Crippen LogP contribution in [-0.4, -0.2) is 37.6 Å². The van der Waals surface area contributed by atoms with Gasteiger partial charge in [-0.3, -0.25) is 0 Å². The van der Waals surface area contributed by atoms with Gasteiger partial charge in [0, 0.05) is 11.5 Å². The molecule has 3 aromatic rings. The van der Waals surface area contributed by atoms with E-state index < -0.39 is 24.1 Å². The van der Waals surface area contributed by atoms with Crippen molar-refractivity contribution in [3.05, 3.63) is 95.8 Å². The van der Waals surface area contributed by atoms with E-state index in [9.17, 15) is 4.39 Å². The van der Waals surface area contributed by atoms with E-state index in [1.54, 1.807) is 12.1 Å². The molecule has 0 spiro atoms. The standard InChI is InChI=1S/C29H34BFO5.C2H6/c1-28(2)29(3,4)36-30(35-28)26-16-15-24(17-27(26)31)34-21-25(33-19-23-13-9-6-10-14-23)20-32-18-22-11-7-5-8-12-22;1-2/h5-17,25H,18-21H2,1-4H3;1-2H3. The van der Waals surface area contributed by atoms with Crippen molar-refractivity contribution in [3.8, 4) is 5.75 Å². The van der Waals surface area contributed by atoms with Gasteiger partial charge >= 0.3 is 7.12 Å². The minimum Gasteiger partial charge on any atom is -0.491 e. The summed E-state index contributed by atoms with van der Waals surface area (Å²) >= 11 is 0. The molecule has 7 heteroatoms. The number of rotatable bonds is 11. The molecule has 1 fully saturated rings. The van der Waals surface area contributed by atoms with Gasteiger partial charge < -0.3 is 23.5 Å². The van der Waals surface area contributed by atoms with Gasteiger partial charge in [-0.15, -0.1) is 0 Å². The quantitative estimate of drug-likeness (QED) is 0.276. The lowest BCUT2D eigenvalue weighted by Crippen LogP contribution is -2.41. The van der Waals surface area contributed by atoms with Gasteiger partial charge in [0.2, 0.25) is 0 Å². The van der Waals surface area contributed by atoms with E-state index in [0.717, 1.165) is 11.1 Å². The zero-order valence-electron chi connectivity index (χ0n) is 23.4. The van der Waals surface area contributed by atoms with Gasteiger partial charge in [-0.2, -0.15) is 0 Å². The first-order valence-electron chi connectivity index (χ1n) is 13.3. The van der Waals surface area contributed by atoms with Crippen LogP contribution >= 0.6 is 0 Å². The Kier molecular flexibility index (Phi) is 10.9. The lowest BCUT2D eigenvalue weighted by atomic mass is 9.78. The van der Waals surface area contributed by atoms with Crippen LogP contribution in [0.5, 0.6) is 5.75 Å². The van der Waals surface area contributed by atoms with Crippen molar-refractivity contribution in [2.24, 2.45) is 0 Å². The first-order valence-corrected chi connectivity index (χ1v) is 13.3. The molecule has 1 aliphatic heterocycles. The van der Waals surface area contributed by atoms with Crippen LogP contribution in [0.15, 0.2) is 78.9 Å². The van der Waals surface area contributed by atoms with Crippen molar-refractivity contribution in [2.75, 3.05) is 13.2 Å². The highest BCUT2D eigenvalue weighted by Gasteiger charge is 2.52. The lowest BCUT2D eigenvalue weighted by molar-refractivity contribution is -0.0489. The molecule has 38 heavy (non-hydrogen) atoms. The monoisotopic (exact) mass is 522 g/mol.